The van der Waals surface area contributed by atoms with Crippen LogP contribution in [0, 0.1) is 0 Å². The number of hydrogen-bond donors (Lipinski definition) is 1. The van der Waals surface area contributed by atoms with E-state index in [9.17, 15) is 0 Å². The summed E-state index contributed by atoms with van der Waals surface area (Å²) in [5, 5.41) is 3.74. The topological polar surface area (TPSA) is 21.3 Å². The molecular formula is C19H29NO. The van der Waals surface area contributed by atoms with Gasteiger partial charge in [-0.1, -0.05) is 40.2 Å². The Balaban J connectivity index is 2.28. The van der Waals surface area contributed by atoms with E-state index in [1.807, 2.05) is 0 Å². The van der Waals surface area contributed by atoms with Gasteiger partial charge >= 0.3 is 0 Å². The first-order valence-electron chi connectivity index (χ1n) is 8.45. The monoisotopic (exact) mass is 287 g/mol. The molecule has 1 N–H and O–H groups in total. The highest BCUT2D eigenvalue weighted by atomic mass is 16.5. The first-order chi connectivity index (χ1) is 10.2. The van der Waals surface area contributed by atoms with Gasteiger partial charge in [0.05, 0.1) is 12.1 Å². The molecule has 2 rings (SSSR count). The van der Waals surface area contributed by atoms with Crippen LogP contribution in [-0.4, -0.2) is 12.1 Å². The number of anilines is 1. The zero-order valence-corrected chi connectivity index (χ0v) is 14.0. The van der Waals surface area contributed by atoms with E-state index in [0.29, 0.717) is 0 Å². The second-order valence-corrected chi connectivity index (χ2v) is 5.92. The highest BCUT2D eigenvalue weighted by Gasteiger charge is 2.29. The van der Waals surface area contributed by atoms with Crippen LogP contribution in [0.25, 0.3) is 5.57 Å². The predicted molar refractivity (Wildman–Crippen MR) is 92.0 cm³/mol. The van der Waals surface area contributed by atoms with E-state index in [2.05, 4.69) is 57.3 Å². The van der Waals surface area contributed by atoms with Crippen molar-refractivity contribution in [2.75, 3.05) is 11.9 Å². The highest BCUT2D eigenvalue weighted by Crippen LogP contribution is 2.40. The molecule has 0 unspecified atom stereocenters. The zero-order valence-electron chi connectivity index (χ0n) is 14.0. The minimum Gasteiger partial charge on any atom is -0.494 e. The van der Waals surface area contributed by atoms with Gasteiger partial charge in [0.15, 0.2) is 0 Å². The third-order valence-electron chi connectivity index (χ3n) is 4.58. The Morgan fingerprint density at radius 3 is 2.48 bits per heavy atom. The summed E-state index contributed by atoms with van der Waals surface area (Å²) in [5.41, 5.74) is 4.11. The average molecular weight is 287 g/mol. The van der Waals surface area contributed by atoms with E-state index >= 15 is 0 Å². The molecule has 0 aromatic heterocycles. The Morgan fingerprint density at radius 2 is 1.86 bits per heavy atom. The third kappa shape index (κ3) is 3.42. The Morgan fingerprint density at radius 1 is 1.10 bits per heavy atom. The molecule has 21 heavy (non-hydrogen) atoms. The van der Waals surface area contributed by atoms with Crippen LogP contribution in [0.1, 0.15) is 65.4 Å². The van der Waals surface area contributed by atoms with Gasteiger partial charge in [0, 0.05) is 11.3 Å². The van der Waals surface area contributed by atoms with Gasteiger partial charge in [0.1, 0.15) is 5.75 Å². The number of benzene rings is 1. The molecule has 0 bridgehead atoms. The molecule has 0 saturated carbocycles. The van der Waals surface area contributed by atoms with Crippen LogP contribution in [-0.2, 0) is 0 Å². The molecule has 0 spiro atoms. The van der Waals surface area contributed by atoms with Crippen molar-refractivity contribution in [3.05, 3.63) is 29.8 Å². The first kappa shape index (κ1) is 15.9. The minimum absolute atomic E-state index is 0.114. The summed E-state index contributed by atoms with van der Waals surface area (Å²) in [4.78, 5) is 0. The van der Waals surface area contributed by atoms with Gasteiger partial charge in [-0.25, -0.2) is 0 Å². The minimum atomic E-state index is 0.114. The van der Waals surface area contributed by atoms with Gasteiger partial charge < -0.3 is 10.1 Å². The van der Waals surface area contributed by atoms with Crippen LogP contribution in [0.2, 0.25) is 0 Å². The molecule has 1 heterocycles. The summed E-state index contributed by atoms with van der Waals surface area (Å²) in [6.07, 6.45) is 8.01. The number of nitrogens with one attached hydrogen (secondary N) is 1. The fourth-order valence-electron chi connectivity index (χ4n) is 2.96. The zero-order chi connectivity index (χ0) is 15.3. The molecule has 0 amide bonds. The fourth-order valence-corrected chi connectivity index (χ4v) is 2.96. The summed E-state index contributed by atoms with van der Waals surface area (Å²) in [6, 6.07) is 6.47. The quantitative estimate of drug-likeness (QED) is 0.655. The summed E-state index contributed by atoms with van der Waals surface area (Å²) < 4.78 is 5.85. The van der Waals surface area contributed by atoms with Gasteiger partial charge in [0.2, 0.25) is 0 Å². The third-order valence-corrected chi connectivity index (χ3v) is 4.58. The van der Waals surface area contributed by atoms with Crippen molar-refractivity contribution < 1.29 is 4.74 Å². The van der Waals surface area contributed by atoms with Crippen molar-refractivity contribution >= 4 is 11.3 Å². The summed E-state index contributed by atoms with van der Waals surface area (Å²) in [5.74, 6) is 0.990. The molecule has 1 aliphatic rings. The van der Waals surface area contributed by atoms with Crippen molar-refractivity contribution in [3.8, 4) is 5.75 Å². The van der Waals surface area contributed by atoms with Gasteiger partial charge in [-0.05, 0) is 49.5 Å². The molecule has 2 nitrogen and oxygen atoms in total. The van der Waals surface area contributed by atoms with Crippen LogP contribution >= 0.6 is 0 Å². The SMILES string of the molecule is CCCCOc1ccc2c(c1)C(CC)=CC(CC)(CC)N2. The maximum atomic E-state index is 5.85. The van der Waals surface area contributed by atoms with Gasteiger partial charge in [0.25, 0.3) is 0 Å². The van der Waals surface area contributed by atoms with E-state index in [0.717, 1.165) is 38.0 Å². The molecule has 0 atom stereocenters. The predicted octanol–water partition coefficient (Wildman–Crippen LogP) is 5.64. The average Bonchev–Trinajstić information content (AvgIpc) is 2.54. The molecule has 0 fully saturated rings. The Bertz CT molecular complexity index is 500. The number of unbranched alkanes of at least 4 members (excludes halogenated alkanes) is 1. The molecule has 1 aromatic rings. The maximum Gasteiger partial charge on any atom is 0.120 e. The van der Waals surface area contributed by atoms with Gasteiger partial charge in [-0.2, -0.15) is 0 Å². The van der Waals surface area contributed by atoms with E-state index < -0.39 is 0 Å². The number of rotatable bonds is 7. The van der Waals surface area contributed by atoms with Gasteiger partial charge in [-0.3, -0.25) is 0 Å². The lowest BCUT2D eigenvalue weighted by Gasteiger charge is -2.37. The number of ether oxygens (including phenoxy) is 1. The van der Waals surface area contributed by atoms with Crippen molar-refractivity contribution in [1.82, 2.24) is 0 Å². The summed E-state index contributed by atoms with van der Waals surface area (Å²) in [7, 11) is 0. The van der Waals surface area contributed by atoms with Crippen LogP contribution in [0.15, 0.2) is 24.3 Å². The lowest BCUT2D eigenvalue weighted by molar-refractivity contribution is 0.309. The van der Waals surface area contributed by atoms with Crippen molar-refractivity contribution in [3.63, 3.8) is 0 Å². The van der Waals surface area contributed by atoms with E-state index in [1.54, 1.807) is 0 Å². The number of fused-ring (bicyclic) bond motifs is 1. The Hall–Kier alpha value is -1.44. The number of allylic oxidation sites excluding steroid dienone is 1. The van der Waals surface area contributed by atoms with Crippen LogP contribution in [0.4, 0.5) is 5.69 Å². The van der Waals surface area contributed by atoms with Crippen LogP contribution < -0.4 is 10.1 Å². The van der Waals surface area contributed by atoms with Crippen molar-refractivity contribution in [2.24, 2.45) is 0 Å². The van der Waals surface area contributed by atoms with Crippen molar-refractivity contribution in [2.45, 2.75) is 65.3 Å². The second kappa shape index (κ2) is 7.02. The standard InChI is InChI=1S/C19H29NO/c1-5-9-12-21-16-10-11-18-17(13-16)15(6-2)14-19(7-3,8-4)20-18/h10-11,13-14,20H,5-9,12H2,1-4H3. The molecule has 2 heteroatoms. The molecule has 0 saturated heterocycles. The highest BCUT2D eigenvalue weighted by molar-refractivity contribution is 5.82. The maximum absolute atomic E-state index is 5.85. The smallest absolute Gasteiger partial charge is 0.120 e. The molecule has 1 aliphatic heterocycles. The van der Waals surface area contributed by atoms with Gasteiger partial charge in [-0.15, -0.1) is 0 Å². The first-order valence-corrected chi connectivity index (χ1v) is 8.45. The number of hydrogen-bond acceptors (Lipinski definition) is 2. The lowest BCUT2D eigenvalue weighted by atomic mass is 9.83. The summed E-state index contributed by atoms with van der Waals surface area (Å²) >= 11 is 0. The Labute approximate surface area is 129 Å². The molecule has 0 radical (unpaired) electrons. The summed E-state index contributed by atoms with van der Waals surface area (Å²) in [6.45, 7) is 9.75. The lowest BCUT2D eigenvalue weighted by Crippen LogP contribution is -2.37. The molecule has 0 aliphatic carbocycles. The van der Waals surface area contributed by atoms with Crippen molar-refractivity contribution in [1.29, 1.82) is 0 Å². The van der Waals surface area contributed by atoms with Crippen LogP contribution in [0.3, 0.4) is 0 Å². The molecule has 1 aromatic carbocycles. The molecular weight excluding hydrogens is 258 g/mol. The fraction of sp³-hybridized carbons (Fsp3) is 0.579. The molecule has 116 valence electrons. The Kier molecular flexibility index (Phi) is 5.33. The van der Waals surface area contributed by atoms with Crippen LogP contribution in [0.5, 0.6) is 5.75 Å². The second-order valence-electron chi connectivity index (χ2n) is 5.92. The van der Waals surface area contributed by atoms with E-state index in [1.165, 1.54) is 23.2 Å². The normalized spacial score (nSPS) is 15.9. The largest absolute Gasteiger partial charge is 0.494 e. The van der Waals surface area contributed by atoms with E-state index in [-0.39, 0.29) is 5.54 Å². The van der Waals surface area contributed by atoms with E-state index in [4.69, 9.17) is 4.74 Å².